The lowest BCUT2D eigenvalue weighted by molar-refractivity contribution is -0.311. The number of aromatic carboxylic acids is 1. The summed E-state index contributed by atoms with van der Waals surface area (Å²) in [5.74, 6) is -12.8. The van der Waals surface area contributed by atoms with Crippen molar-refractivity contribution in [2.75, 3.05) is 38.3 Å². The topological polar surface area (TPSA) is 359 Å². The molecule has 135 heavy (non-hydrogen) atoms. The van der Waals surface area contributed by atoms with E-state index in [2.05, 4.69) is 63.3 Å². The van der Waals surface area contributed by atoms with Crippen LogP contribution in [0.15, 0.2) is 165 Å². The van der Waals surface area contributed by atoms with Gasteiger partial charge in [0.05, 0.1) is 92.0 Å². The van der Waals surface area contributed by atoms with Crippen LogP contribution in [0.1, 0.15) is 178 Å². The van der Waals surface area contributed by atoms with Gasteiger partial charge in [0.1, 0.15) is 34.6 Å². The molecule has 0 aliphatic heterocycles. The van der Waals surface area contributed by atoms with Crippen LogP contribution < -0.4 is 11.1 Å². The Hall–Kier alpha value is -9.71. The average Bonchev–Trinajstić information content (AvgIpc) is 0.760. The molecule has 26 nitrogen and oxygen atoms in total. The first-order valence-corrected chi connectivity index (χ1v) is 40.9. The molecule has 0 spiro atoms. The summed E-state index contributed by atoms with van der Waals surface area (Å²) >= 11 is 2.56. The van der Waals surface area contributed by atoms with E-state index in [-0.39, 0.29) is 25.4 Å². The number of amides is 1. The molecular weight excluding hydrogens is 1910 g/mol. The molecule has 1 heterocycles. The van der Waals surface area contributed by atoms with Gasteiger partial charge in [0.2, 0.25) is 0 Å². The first kappa shape index (κ1) is 129. The van der Waals surface area contributed by atoms with Crippen LogP contribution >= 0.6 is 15.9 Å². The number of anilines is 1. The van der Waals surface area contributed by atoms with Crippen molar-refractivity contribution in [2.45, 2.75) is 283 Å². The number of benzene rings is 3. The first-order chi connectivity index (χ1) is 61.0. The lowest BCUT2D eigenvalue weighted by atomic mass is 9.89. The Morgan fingerprint density at radius 2 is 0.770 bits per heavy atom. The summed E-state index contributed by atoms with van der Waals surface area (Å²) < 4.78 is 296. The third-order valence-corrected chi connectivity index (χ3v) is 16.2. The number of ether oxygens (including phenoxy) is 12. The number of carboxylic acids is 2. The largest absolute Gasteiger partial charge is 0.479 e. The fourth-order valence-corrected chi connectivity index (χ4v) is 10.5. The molecule has 4 aromatic rings. The van der Waals surface area contributed by atoms with E-state index in [4.69, 9.17) is 58.2 Å². The van der Waals surface area contributed by atoms with Gasteiger partial charge in [-0.05, 0) is 184 Å². The number of hydrogen-bond donors (Lipinski definition) is 5. The average molecular weight is 2030 g/mol. The van der Waals surface area contributed by atoms with Crippen molar-refractivity contribution in [3.05, 3.63) is 193 Å². The fourth-order valence-electron chi connectivity index (χ4n) is 10.0. The zero-order valence-electron chi connectivity index (χ0n) is 78.3. The third-order valence-electron chi connectivity index (χ3n) is 15.6. The Bertz CT molecular complexity index is 4400. The van der Waals surface area contributed by atoms with Crippen molar-refractivity contribution in [1.29, 1.82) is 0 Å². The fraction of sp³-hybridized carbons (Fsp3) is 0.544. The quantitative estimate of drug-likeness (QED) is 0.00724. The van der Waals surface area contributed by atoms with Gasteiger partial charge in [0, 0.05) is 0 Å². The van der Waals surface area contributed by atoms with Crippen molar-refractivity contribution in [3.63, 3.8) is 0 Å². The molecule has 766 valence electrons. The van der Waals surface area contributed by atoms with Crippen LogP contribution in [0.4, 0.5) is 89.5 Å². The van der Waals surface area contributed by atoms with Crippen molar-refractivity contribution in [2.24, 2.45) is 5.73 Å². The zero-order chi connectivity index (χ0) is 106. The summed E-state index contributed by atoms with van der Waals surface area (Å²) in [6.07, 6.45) is -33.9. The maximum atomic E-state index is 14.1. The highest BCUT2D eigenvalue weighted by atomic mass is 79.9. The molecule has 1 amide bonds. The van der Waals surface area contributed by atoms with E-state index < -0.39 is 207 Å². The summed E-state index contributed by atoms with van der Waals surface area (Å²) in [4.78, 5) is 93.8. The van der Waals surface area contributed by atoms with Gasteiger partial charge in [-0.15, -0.1) is 32.9 Å². The second kappa shape index (κ2) is 54.4. The number of ketones is 2. The van der Waals surface area contributed by atoms with E-state index in [1.807, 2.05) is 26.1 Å². The van der Waals surface area contributed by atoms with E-state index in [9.17, 15) is 128 Å². The maximum absolute atomic E-state index is 14.1. The third kappa shape index (κ3) is 44.1. The number of pyridine rings is 1. The standard InChI is InChI=1S/C19H25F3O4.C18H24F3NO3.C17H21F3O4.C12H12BrF3N2O4.C12H19F3O4.C7H14O.C5H5F3O3/c1-6-15(26-17(3,4)5)18(19(20,21)22,16(23)24-7-2)25-13-14-11-9-8-10-12-14;1-5-15(25-16(2,3)4)17(14(23)11-22,18(19,20)21)24-12-13-9-7-6-8-10-13;1-5-13(24-15(2,3)4)16(14(21)22,17(18,19)20)23-11-12-9-7-6-8-10-12;1-11(2,3)22-10(21)17-6-4-5(12(14,15)16)8(13)18-7(6)9(19)20;1-6-8(19-10(3,4)5)11(17,12(13,14)15)9(16)18-7-2;1-5-6-8-7(2,3)4;1-2-11-4(10)3(9)5(6,7)8/h6,8-12,15H,1,7,13H2,2-5H3;5-10,15H,1,11-12,22H2,2-4H3;5-10,13H,1,11H2,2-4H3,(H,21,22);4H,1-3H3,(H,17,21)(H,19,20);6,8,17H,1,7H2,2-5H3;5H,1,6H2,2-4H3;2H2,1H3. The number of hydrogen-bond acceptors (Lipinski definition) is 23. The molecule has 45 heteroatoms. The van der Waals surface area contributed by atoms with Crippen LogP contribution in [0.25, 0.3) is 0 Å². The molecule has 0 aliphatic carbocycles. The predicted molar refractivity (Wildman–Crippen MR) is 463 cm³/mol. The monoisotopic (exact) mass is 2030 g/mol. The Morgan fingerprint density at radius 3 is 1.04 bits per heavy atom. The van der Waals surface area contributed by atoms with E-state index in [1.165, 1.54) is 74.4 Å². The number of aromatic nitrogens is 1. The minimum atomic E-state index is -5.25. The number of Topliss-reactive ketones (excluding diaryl/α,β-unsaturated/α-hetero) is 2. The first-order valence-electron chi connectivity index (χ1n) is 40.1. The van der Waals surface area contributed by atoms with E-state index >= 15 is 0 Å². The second-order valence-electron chi connectivity index (χ2n) is 33.6. The number of carboxylic acid groups (broad SMARTS) is 2. The van der Waals surface area contributed by atoms with Gasteiger partial charge in [-0.1, -0.05) is 121 Å². The number of nitrogens with one attached hydrogen (secondary N) is 1. The lowest BCUT2D eigenvalue weighted by Gasteiger charge is -2.41. The molecule has 1 aromatic heterocycles. The minimum absolute atomic E-state index is 0.0197. The van der Waals surface area contributed by atoms with Crippen LogP contribution in [0.3, 0.4) is 0 Å². The maximum Gasteiger partial charge on any atom is 0.461 e. The summed E-state index contributed by atoms with van der Waals surface area (Å²) in [6.45, 7) is 47.7. The van der Waals surface area contributed by atoms with Crippen molar-refractivity contribution in [1.82, 2.24) is 4.98 Å². The van der Waals surface area contributed by atoms with Crippen molar-refractivity contribution >= 4 is 69.1 Å². The number of halogens is 19. The van der Waals surface area contributed by atoms with E-state index in [0.717, 1.165) is 24.3 Å². The van der Waals surface area contributed by atoms with Crippen LogP contribution in [0.5, 0.6) is 0 Å². The normalized spacial score (nSPS) is 14.9. The minimum Gasteiger partial charge on any atom is -0.479 e. The van der Waals surface area contributed by atoms with Crippen LogP contribution in [-0.4, -0.2) is 212 Å². The van der Waals surface area contributed by atoms with Gasteiger partial charge in [-0.2, -0.15) is 79.0 Å². The molecule has 8 unspecified atom stereocenters. The van der Waals surface area contributed by atoms with E-state index in [1.54, 1.807) is 147 Å². The molecule has 0 bridgehead atoms. The van der Waals surface area contributed by atoms with Crippen LogP contribution in [-0.2, 0) is 112 Å². The number of nitrogens with zero attached hydrogens (tertiary/aromatic N) is 1. The van der Waals surface area contributed by atoms with Crippen LogP contribution in [0, 0.1) is 0 Å². The number of carbonyl (C=O) groups excluding carboxylic acids is 6. The number of aliphatic carboxylic acids is 1. The van der Waals surface area contributed by atoms with Gasteiger partial charge in [0.15, 0.2) is 11.5 Å². The summed E-state index contributed by atoms with van der Waals surface area (Å²) in [5.41, 5.74) is -14.7. The molecule has 8 atom stereocenters. The highest BCUT2D eigenvalue weighted by molar-refractivity contribution is 9.10. The number of rotatable bonds is 34. The molecule has 0 saturated heterocycles. The second-order valence-corrected chi connectivity index (χ2v) is 34.4. The highest BCUT2D eigenvalue weighted by Gasteiger charge is 2.71. The van der Waals surface area contributed by atoms with Gasteiger partial charge in [0.25, 0.3) is 22.4 Å². The number of nitrogens with two attached hydrogens (primary N) is 1. The Kier molecular flexibility index (Phi) is 52.2. The number of esters is 3. The molecular formula is C90H120BrF18N3O23. The molecule has 6 N–H and O–H groups in total. The van der Waals surface area contributed by atoms with Crippen LogP contribution in [0.2, 0.25) is 0 Å². The zero-order valence-corrected chi connectivity index (χ0v) is 79.9. The summed E-state index contributed by atoms with van der Waals surface area (Å²) in [6, 6.07) is 25.0. The molecule has 3 aromatic carbocycles. The number of carbonyl (C=O) groups is 8. The summed E-state index contributed by atoms with van der Waals surface area (Å²) in [7, 11) is 0. The molecule has 0 saturated carbocycles. The molecule has 0 aliphatic rings. The number of alkyl halides is 18. The van der Waals surface area contributed by atoms with E-state index in [0.29, 0.717) is 29.4 Å². The number of aliphatic hydroxyl groups is 1. The highest BCUT2D eigenvalue weighted by Crippen LogP contribution is 2.46. The summed E-state index contributed by atoms with van der Waals surface area (Å²) in [5, 5.41) is 30.1. The van der Waals surface area contributed by atoms with Crippen molar-refractivity contribution in [3.8, 4) is 0 Å². The van der Waals surface area contributed by atoms with Gasteiger partial charge >= 0.3 is 78.8 Å². The SMILES string of the molecule is C=CC(OC(C)(C)C)C(O)(C(=O)OCC)C(F)(F)F.C=CC(OC(C)(C)C)C(OCc1ccccc1)(C(=O)CN)C(F)(F)F.C=CC(OC(C)(C)C)C(OCc1ccccc1)(C(=O)O)C(F)(F)F.C=CC(OC(C)(C)C)C(OCc1ccccc1)(C(=O)OCC)C(F)(F)F.C=CCOC(C)(C)C.CC(C)(C)OC(=O)Nc1cc(C(F)(F)F)c(Br)nc1C(=O)O.CCOC(=O)C(=O)C(F)(F)F. The predicted octanol–water partition coefficient (Wildman–Crippen LogP) is 20.6. The Morgan fingerprint density at radius 1 is 0.444 bits per heavy atom. The molecule has 4 rings (SSSR count). The van der Waals surface area contributed by atoms with Gasteiger partial charge in [-0.3, -0.25) is 14.9 Å². The Balaban J connectivity index is -0.00000154. The van der Waals surface area contributed by atoms with Crippen molar-refractivity contribution < 1.29 is 190 Å². The van der Waals surface area contributed by atoms with Gasteiger partial charge in [-0.25, -0.2) is 33.8 Å². The van der Waals surface area contributed by atoms with Gasteiger partial charge < -0.3 is 77.9 Å². The lowest BCUT2D eigenvalue weighted by Crippen LogP contribution is -2.64. The Labute approximate surface area is 780 Å². The smallest absolute Gasteiger partial charge is 0.461 e. The molecule has 0 fully saturated rings. The molecule has 0 radical (unpaired) electrons.